The van der Waals surface area contributed by atoms with E-state index in [1.54, 1.807) is 16.7 Å². The molecule has 134 valence electrons. The molecule has 2 fully saturated rings. The van der Waals surface area contributed by atoms with Gasteiger partial charge in [-0.3, -0.25) is 4.98 Å². The Morgan fingerprint density at radius 1 is 1.04 bits per heavy atom. The first-order valence-electron chi connectivity index (χ1n) is 8.76. The van der Waals surface area contributed by atoms with Crippen molar-refractivity contribution in [3.05, 3.63) is 48.9 Å². The lowest BCUT2D eigenvalue weighted by Crippen LogP contribution is -2.60. The Morgan fingerprint density at radius 3 is 2.50 bits per heavy atom. The third-order valence-electron chi connectivity index (χ3n) is 5.22. The maximum atomic E-state index is 12.5. The molecule has 4 heterocycles. The first kappa shape index (κ1) is 15.8. The third-order valence-corrected chi connectivity index (χ3v) is 7.44. The molecular formula is C18H19N5O2S. The Balaban J connectivity index is 1.43. The number of sulfonamides is 1. The van der Waals surface area contributed by atoms with Gasteiger partial charge in [-0.1, -0.05) is 12.1 Å². The fourth-order valence-corrected chi connectivity index (χ4v) is 5.42. The molecular weight excluding hydrogens is 350 g/mol. The van der Waals surface area contributed by atoms with E-state index in [-0.39, 0.29) is 5.25 Å². The monoisotopic (exact) mass is 369 g/mol. The molecule has 0 amide bonds. The van der Waals surface area contributed by atoms with Gasteiger partial charge in [0.1, 0.15) is 5.25 Å². The van der Waals surface area contributed by atoms with Crippen LogP contribution in [-0.2, 0) is 10.0 Å². The van der Waals surface area contributed by atoms with Gasteiger partial charge >= 0.3 is 0 Å². The number of rotatable bonds is 4. The van der Waals surface area contributed by atoms with Gasteiger partial charge in [-0.05, 0) is 24.6 Å². The van der Waals surface area contributed by atoms with Crippen molar-refractivity contribution in [3.8, 4) is 5.69 Å². The van der Waals surface area contributed by atoms with Crippen LogP contribution in [0.1, 0.15) is 6.42 Å². The predicted molar refractivity (Wildman–Crippen MR) is 100.0 cm³/mol. The highest BCUT2D eigenvalue weighted by Crippen LogP contribution is 2.32. The van der Waals surface area contributed by atoms with Crippen molar-refractivity contribution in [1.82, 2.24) is 19.1 Å². The molecule has 1 aromatic carbocycles. The number of benzene rings is 1. The fraction of sp³-hybridized carbons (Fsp3) is 0.333. The SMILES string of the molecule is O=S(=O)(C1CN(c2ccccc2-n2cc3cnccc3n2)C1)N1CCC1. The second kappa shape index (κ2) is 5.78. The van der Waals surface area contributed by atoms with Crippen molar-refractivity contribution in [2.45, 2.75) is 11.7 Å². The van der Waals surface area contributed by atoms with Crippen LogP contribution in [0.2, 0.25) is 0 Å². The summed E-state index contributed by atoms with van der Waals surface area (Å²) in [7, 11) is -3.14. The zero-order valence-corrected chi connectivity index (χ0v) is 15.0. The predicted octanol–water partition coefficient (Wildman–Crippen LogP) is 1.64. The van der Waals surface area contributed by atoms with E-state index in [1.165, 1.54) is 0 Å². The standard InChI is InChI=1S/C18H19N5O2S/c24-26(25,22-8-3-9-22)15-12-21(13-15)17-4-1-2-5-18(17)23-11-14-10-19-7-6-16(14)20-23/h1-2,4-7,10-11,15H,3,8-9,12-13H2. The molecule has 3 aromatic rings. The summed E-state index contributed by atoms with van der Waals surface area (Å²) < 4.78 is 28.5. The van der Waals surface area contributed by atoms with Crippen LogP contribution in [-0.4, -0.2) is 58.9 Å². The molecule has 0 bridgehead atoms. The lowest BCUT2D eigenvalue weighted by Gasteiger charge is -2.44. The lowest BCUT2D eigenvalue weighted by atomic mass is 10.1. The van der Waals surface area contributed by atoms with E-state index >= 15 is 0 Å². The molecule has 5 rings (SSSR count). The van der Waals surface area contributed by atoms with Crippen LogP contribution in [0.15, 0.2) is 48.9 Å². The molecule has 8 heteroatoms. The highest BCUT2D eigenvalue weighted by Gasteiger charge is 2.43. The van der Waals surface area contributed by atoms with Crippen molar-refractivity contribution in [2.24, 2.45) is 0 Å². The number of fused-ring (bicyclic) bond motifs is 1. The molecule has 0 radical (unpaired) electrons. The van der Waals surface area contributed by atoms with Gasteiger partial charge in [0.2, 0.25) is 10.0 Å². The fourth-order valence-electron chi connectivity index (χ4n) is 3.49. The minimum Gasteiger partial charge on any atom is -0.367 e. The molecule has 0 atom stereocenters. The second-order valence-electron chi connectivity index (χ2n) is 6.82. The minimum absolute atomic E-state index is 0.309. The highest BCUT2D eigenvalue weighted by atomic mass is 32.2. The summed E-state index contributed by atoms with van der Waals surface area (Å²) in [5, 5.41) is 5.29. The van der Waals surface area contributed by atoms with Crippen LogP contribution in [0.4, 0.5) is 5.69 Å². The largest absolute Gasteiger partial charge is 0.367 e. The zero-order chi connectivity index (χ0) is 17.7. The van der Waals surface area contributed by atoms with Gasteiger partial charge in [0, 0.05) is 50.2 Å². The van der Waals surface area contributed by atoms with Crippen LogP contribution in [0.3, 0.4) is 0 Å². The first-order valence-corrected chi connectivity index (χ1v) is 10.3. The molecule has 0 unspecified atom stereocenters. The molecule has 0 aliphatic carbocycles. The summed E-state index contributed by atoms with van der Waals surface area (Å²) in [6.45, 7) is 2.39. The van der Waals surface area contributed by atoms with Crippen molar-refractivity contribution in [2.75, 3.05) is 31.1 Å². The number of aromatic nitrogens is 3. The van der Waals surface area contributed by atoms with Gasteiger partial charge in [0.25, 0.3) is 0 Å². The minimum atomic E-state index is -3.14. The Bertz CT molecular complexity index is 1030. The smallest absolute Gasteiger partial charge is 0.220 e. The zero-order valence-electron chi connectivity index (χ0n) is 14.2. The van der Waals surface area contributed by atoms with Crippen LogP contribution >= 0.6 is 0 Å². The highest BCUT2D eigenvalue weighted by molar-refractivity contribution is 7.89. The van der Waals surface area contributed by atoms with Crippen molar-refractivity contribution in [3.63, 3.8) is 0 Å². The van der Waals surface area contributed by atoms with Crippen LogP contribution in [0.25, 0.3) is 16.6 Å². The molecule has 0 spiro atoms. The normalized spacial score (nSPS) is 18.7. The average molecular weight is 369 g/mol. The van der Waals surface area contributed by atoms with Gasteiger partial charge in [0.15, 0.2) is 0 Å². The number of pyridine rings is 1. The van der Waals surface area contributed by atoms with Crippen molar-refractivity contribution < 1.29 is 8.42 Å². The van der Waals surface area contributed by atoms with Crippen molar-refractivity contribution in [1.29, 1.82) is 0 Å². The van der Waals surface area contributed by atoms with Crippen molar-refractivity contribution >= 4 is 26.6 Å². The topological polar surface area (TPSA) is 71.3 Å². The molecule has 2 aliphatic rings. The summed E-state index contributed by atoms with van der Waals surface area (Å²) in [5.41, 5.74) is 2.84. The van der Waals surface area contributed by atoms with E-state index in [2.05, 4.69) is 15.0 Å². The van der Waals surface area contributed by atoms with E-state index in [0.717, 1.165) is 28.7 Å². The number of hydrogen-bond acceptors (Lipinski definition) is 5. The number of hydrogen-bond donors (Lipinski definition) is 0. The molecule has 2 saturated heterocycles. The summed E-state index contributed by atoms with van der Waals surface area (Å²) in [4.78, 5) is 6.25. The summed E-state index contributed by atoms with van der Waals surface area (Å²) in [5.74, 6) is 0. The van der Waals surface area contributed by atoms with Gasteiger partial charge in [-0.2, -0.15) is 5.10 Å². The maximum Gasteiger partial charge on any atom is 0.220 e. The Hall–Kier alpha value is -2.45. The average Bonchev–Trinajstić information content (AvgIpc) is 2.95. The maximum absolute atomic E-state index is 12.5. The number of para-hydroxylation sites is 2. The molecule has 2 aliphatic heterocycles. The number of nitrogens with zero attached hydrogens (tertiary/aromatic N) is 5. The van der Waals surface area contributed by atoms with E-state index in [1.807, 2.05) is 41.2 Å². The van der Waals surface area contributed by atoms with E-state index in [4.69, 9.17) is 0 Å². The summed E-state index contributed by atoms with van der Waals surface area (Å²) >= 11 is 0. The van der Waals surface area contributed by atoms with E-state index < -0.39 is 10.0 Å². The van der Waals surface area contributed by atoms with Gasteiger partial charge in [-0.25, -0.2) is 17.4 Å². The van der Waals surface area contributed by atoms with Crippen LogP contribution in [0, 0.1) is 0 Å². The molecule has 0 N–H and O–H groups in total. The van der Waals surface area contributed by atoms with Crippen LogP contribution in [0.5, 0.6) is 0 Å². The molecule has 0 saturated carbocycles. The molecule has 7 nitrogen and oxygen atoms in total. The van der Waals surface area contributed by atoms with Gasteiger partial charge in [0.05, 0.1) is 16.9 Å². The summed E-state index contributed by atoms with van der Waals surface area (Å²) in [6.07, 6.45) is 6.45. The Kier molecular flexibility index (Phi) is 3.51. The second-order valence-corrected chi connectivity index (χ2v) is 9.03. The summed E-state index contributed by atoms with van der Waals surface area (Å²) in [6, 6.07) is 9.85. The van der Waals surface area contributed by atoms with Gasteiger partial charge < -0.3 is 4.90 Å². The van der Waals surface area contributed by atoms with Gasteiger partial charge in [-0.15, -0.1) is 0 Å². The Morgan fingerprint density at radius 2 is 1.81 bits per heavy atom. The van der Waals surface area contributed by atoms with E-state index in [0.29, 0.717) is 26.2 Å². The lowest BCUT2D eigenvalue weighted by molar-refractivity contribution is 0.301. The first-order chi connectivity index (χ1) is 12.6. The molecule has 26 heavy (non-hydrogen) atoms. The third kappa shape index (κ3) is 2.40. The number of anilines is 1. The quantitative estimate of drug-likeness (QED) is 0.699. The van der Waals surface area contributed by atoms with E-state index in [9.17, 15) is 8.42 Å². The Labute approximate surface area is 151 Å². The van der Waals surface area contributed by atoms with Crippen LogP contribution < -0.4 is 4.90 Å². The molecule has 2 aromatic heterocycles.